The van der Waals surface area contributed by atoms with Crippen molar-refractivity contribution in [2.45, 2.75) is 56.5 Å². The van der Waals surface area contributed by atoms with Gasteiger partial charge < -0.3 is 10.2 Å². The summed E-state index contributed by atoms with van der Waals surface area (Å²) in [6.45, 7) is 2.87. The molecule has 3 amide bonds. The summed E-state index contributed by atoms with van der Waals surface area (Å²) in [5.74, 6) is 0.0762. The molecule has 168 valence electrons. The van der Waals surface area contributed by atoms with E-state index in [-0.39, 0.29) is 18.0 Å². The van der Waals surface area contributed by atoms with Crippen molar-refractivity contribution in [3.8, 4) is 0 Å². The molecule has 2 aromatic rings. The lowest BCUT2D eigenvalue weighted by Crippen LogP contribution is -2.55. The Kier molecular flexibility index (Phi) is 5.61. The Bertz CT molecular complexity index is 1060. The second kappa shape index (κ2) is 8.43. The van der Waals surface area contributed by atoms with Crippen LogP contribution in [0.5, 0.6) is 0 Å². The number of rotatable bonds is 3. The van der Waals surface area contributed by atoms with Gasteiger partial charge in [-0.1, -0.05) is 49.1 Å². The minimum atomic E-state index is -1.21. The maximum Gasteiger partial charge on any atom is 0.319 e. The molecular weight excluding hydrogens is 425 g/mol. The summed E-state index contributed by atoms with van der Waals surface area (Å²) in [4.78, 5) is 29.5. The average molecular weight is 454 g/mol. The van der Waals surface area contributed by atoms with Crippen molar-refractivity contribution >= 4 is 29.4 Å². The number of urea groups is 1. The van der Waals surface area contributed by atoms with Crippen LogP contribution in [0.1, 0.15) is 48.8 Å². The molecule has 1 unspecified atom stereocenters. The molecular formula is C25H28FN3O2S. The van der Waals surface area contributed by atoms with Gasteiger partial charge in [-0.25, -0.2) is 9.18 Å². The van der Waals surface area contributed by atoms with Crippen LogP contribution in [0.15, 0.2) is 42.5 Å². The molecule has 0 bridgehead atoms. The molecule has 2 heterocycles. The van der Waals surface area contributed by atoms with E-state index in [1.807, 2.05) is 25.1 Å². The number of thioether (sulfide) groups is 1. The third-order valence-corrected chi connectivity index (χ3v) is 8.18. The normalized spacial score (nSPS) is 23.1. The highest BCUT2D eigenvalue weighted by atomic mass is 32.2. The fourth-order valence-electron chi connectivity index (χ4n) is 5.24. The van der Waals surface area contributed by atoms with Gasteiger partial charge in [0.15, 0.2) is 4.87 Å². The molecule has 1 saturated carbocycles. The monoisotopic (exact) mass is 453 g/mol. The first-order valence-corrected chi connectivity index (χ1v) is 12.4. The van der Waals surface area contributed by atoms with E-state index < -0.39 is 10.7 Å². The van der Waals surface area contributed by atoms with Crippen LogP contribution in [0.4, 0.5) is 14.9 Å². The zero-order chi connectivity index (χ0) is 22.3. The van der Waals surface area contributed by atoms with Gasteiger partial charge in [0.25, 0.3) is 5.91 Å². The average Bonchev–Trinajstić information content (AvgIpc) is 3.32. The van der Waals surface area contributed by atoms with E-state index in [0.717, 1.165) is 36.8 Å². The Labute approximate surface area is 192 Å². The lowest BCUT2D eigenvalue weighted by Gasteiger charge is -2.35. The number of aryl methyl sites for hydroxylation is 1. The lowest BCUT2D eigenvalue weighted by molar-refractivity contribution is -0.123. The molecule has 5 nitrogen and oxygen atoms in total. The zero-order valence-electron chi connectivity index (χ0n) is 18.3. The van der Waals surface area contributed by atoms with E-state index in [4.69, 9.17) is 0 Å². The molecule has 1 N–H and O–H groups in total. The molecule has 1 saturated heterocycles. The van der Waals surface area contributed by atoms with Crippen LogP contribution in [0.3, 0.4) is 0 Å². The van der Waals surface area contributed by atoms with Gasteiger partial charge in [-0.2, -0.15) is 0 Å². The van der Waals surface area contributed by atoms with Gasteiger partial charge in [-0.15, -0.1) is 11.8 Å². The number of amides is 3. The predicted octanol–water partition coefficient (Wildman–Crippen LogP) is 4.92. The smallest absolute Gasteiger partial charge is 0.319 e. The van der Waals surface area contributed by atoms with E-state index in [1.54, 1.807) is 15.9 Å². The van der Waals surface area contributed by atoms with E-state index in [9.17, 15) is 14.0 Å². The third-order valence-electron chi connectivity index (χ3n) is 6.76. The van der Waals surface area contributed by atoms with Crippen LogP contribution in [-0.4, -0.2) is 35.2 Å². The summed E-state index contributed by atoms with van der Waals surface area (Å²) < 4.78 is 14.4. The molecule has 1 spiro atoms. The van der Waals surface area contributed by atoms with Crippen LogP contribution in [0, 0.1) is 12.7 Å². The molecule has 5 rings (SSSR count). The molecule has 32 heavy (non-hydrogen) atoms. The molecule has 0 aromatic heterocycles. The summed E-state index contributed by atoms with van der Waals surface area (Å²) in [6, 6.07) is 12.5. The number of anilines is 1. The summed E-state index contributed by atoms with van der Waals surface area (Å²) in [6.07, 6.45) is 5.37. The van der Waals surface area contributed by atoms with Crippen molar-refractivity contribution in [3.63, 3.8) is 0 Å². The number of benzene rings is 2. The Balaban J connectivity index is 1.50. The molecule has 2 aromatic carbocycles. The molecule has 1 atom stereocenters. The number of hydrogen-bond acceptors (Lipinski definition) is 3. The standard InChI is InChI=1S/C25H28FN3O2S/c1-17-6-5-7-18(14-17)16-28-22-11-10-19(26)15-21(22)25(23(28)30)29(12-13-32-25)24(31)27-20-8-3-2-4-9-20/h5-7,10-11,14-15,20H,2-4,8-9,12-13,16H2,1H3,(H,27,31). The topological polar surface area (TPSA) is 52.7 Å². The van der Waals surface area contributed by atoms with Gasteiger partial charge in [0.05, 0.1) is 12.2 Å². The zero-order valence-corrected chi connectivity index (χ0v) is 19.1. The van der Waals surface area contributed by atoms with Crippen LogP contribution in [-0.2, 0) is 16.2 Å². The van der Waals surface area contributed by atoms with E-state index in [2.05, 4.69) is 11.4 Å². The number of nitrogens with zero attached hydrogens (tertiary/aromatic N) is 2. The molecule has 1 aliphatic carbocycles. The van der Waals surface area contributed by atoms with Crippen LogP contribution in [0.2, 0.25) is 0 Å². The molecule has 7 heteroatoms. The Hall–Kier alpha value is -2.54. The summed E-state index contributed by atoms with van der Waals surface area (Å²) in [5, 5.41) is 3.16. The minimum absolute atomic E-state index is 0.144. The molecule has 2 fully saturated rings. The number of nitrogens with one attached hydrogen (secondary N) is 1. The second-order valence-electron chi connectivity index (χ2n) is 8.97. The minimum Gasteiger partial charge on any atom is -0.335 e. The lowest BCUT2D eigenvalue weighted by atomic mass is 9.95. The van der Waals surface area contributed by atoms with Gasteiger partial charge in [0.1, 0.15) is 5.82 Å². The highest BCUT2D eigenvalue weighted by molar-refractivity contribution is 8.01. The number of carbonyl (C=O) groups excluding carboxylic acids is 2. The highest BCUT2D eigenvalue weighted by Crippen LogP contribution is 2.54. The van der Waals surface area contributed by atoms with Crippen molar-refractivity contribution in [1.29, 1.82) is 0 Å². The Morgan fingerprint density at radius 2 is 2.00 bits per heavy atom. The summed E-state index contributed by atoms with van der Waals surface area (Å²) in [7, 11) is 0. The van der Waals surface area contributed by atoms with Gasteiger partial charge in [-0.3, -0.25) is 9.69 Å². The number of fused-ring (bicyclic) bond motifs is 2. The van der Waals surface area contributed by atoms with Crippen LogP contribution >= 0.6 is 11.8 Å². The largest absolute Gasteiger partial charge is 0.335 e. The second-order valence-corrected chi connectivity index (χ2v) is 10.3. The first-order valence-electron chi connectivity index (χ1n) is 11.4. The van der Waals surface area contributed by atoms with Crippen molar-refractivity contribution in [3.05, 3.63) is 65.0 Å². The van der Waals surface area contributed by atoms with Gasteiger partial charge in [0, 0.05) is 23.9 Å². The number of carbonyl (C=O) groups is 2. The third kappa shape index (κ3) is 3.56. The number of hydrogen-bond donors (Lipinski definition) is 1. The van der Waals surface area contributed by atoms with E-state index in [0.29, 0.717) is 30.1 Å². The number of halogens is 1. The maximum absolute atomic E-state index is 14.4. The molecule has 2 aliphatic heterocycles. The van der Waals surface area contributed by atoms with Crippen molar-refractivity contribution in [2.24, 2.45) is 0 Å². The summed E-state index contributed by atoms with van der Waals surface area (Å²) in [5.41, 5.74) is 3.39. The van der Waals surface area contributed by atoms with Crippen LogP contribution < -0.4 is 10.2 Å². The highest BCUT2D eigenvalue weighted by Gasteiger charge is 2.59. The fourth-order valence-corrected chi connectivity index (χ4v) is 6.69. The molecule has 0 radical (unpaired) electrons. The maximum atomic E-state index is 14.4. The van der Waals surface area contributed by atoms with E-state index >= 15 is 0 Å². The van der Waals surface area contributed by atoms with Gasteiger partial charge >= 0.3 is 6.03 Å². The van der Waals surface area contributed by atoms with E-state index in [1.165, 1.54) is 30.3 Å². The first-order chi connectivity index (χ1) is 15.5. The SMILES string of the molecule is Cc1cccc(CN2C(=O)C3(SCCN3C(=O)NC3CCCCC3)c3cc(F)ccc32)c1. The summed E-state index contributed by atoms with van der Waals surface area (Å²) >= 11 is 1.43. The first kappa shape index (κ1) is 21.3. The quantitative estimate of drug-likeness (QED) is 0.717. The van der Waals surface area contributed by atoms with Crippen molar-refractivity contribution < 1.29 is 14.0 Å². The Morgan fingerprint density at radius 1 is 1.19 bits per heavy atom. The van der Waals surface area contributed by atoms with Gasteiger partial charge in [0.2, 0.25) is 0 Å². The molecule has 3 aliphatic rings. The van der Waals surface area contributed by atoms with Crippen molar-refractivity contribution in [2.75, 3.05) is 17.2 Å². The predicted molar refractivity (Wildman–Crippen MR) is 125 cm³/mol. The van der Waals surface area contributed by atoms with Gasteiger partial charge in [-0.05, 0) is 43.5 Å². The van der Waals surface area contributed by atoms with Crippen molar-refractivity contribution in [1.82, 2.24) is 10.2 Å². The Morgan fingerprint density at radius 3 is 2.78 bits per heavy atom. The van der Waals surface area contributed by atoms with Crippen LogP contribution in [0.25, 0.3) is 0 Å². The fraction of sp³-hybridized carbons (Fsp3) is 0.440.